The highest BCUT2D eigenvalue weighted by atomic mass is 14.6. The van der Waals surface area contributed by atoms with Crippen molar-refractivity contribution in [2.45, 2.75) is 33.1 Å². The van der Waals surface area contributed by atoms with Crippen molar-refractivity contribution < 1.29 is 0 Å². The van der Waals surface area contributed by atoms with E-state index in [1.54, 1.807) is 0 Å². The summed E-state index contributed by atoms with van der Waals surface area (Å²) in [6.45, 7) is 7.99. The summed E-state index contributed by atoms with van der Waals surface area (Å²) in [5.41, 5.74) is 15.6. The van der Waals surface area contributed by atoms with Gasteiger partial charge < -0.3 is 11.5 Å². The van der Waals surface area contributed by atoms with Gasteiger partial charge in [0.15, 0.2) is 0 Å². The molecular formula is C14H24N2. The number of hydrogen-bond acceptors (Lipinski definition) is 2. The van der Waals surface area contributed by atoms with E-state index in [2.05, 4.69) is 39.0 Å². The van der Waals surface area contributed by atoms with E-state index in [0.717, 1.165) is 6.42 Å². The Morgan fingerprint density at radius 1 is 1.12 bits per heavy atom. The first kappa shape index (κ1) is 13.2. The third-order valence-corrected chi connectivity index (χ3v) is 3.53. The van der Waals surface area contributed by atoms with Crippen molar-refractivity contribution in [3.05, 3.63) is 34.9 Å². The van der Waals surface area contributed by atoms with E-state index in [0.29, 0.717) is 24.9 Å². The molecule has 1 aromatic rings. The van der Waals surface area contributed by atoms with Crippen LogP contribution in [0.25, 0.3) is 0 Å². The highest BCUT2D eigenvalue weighted by Crippen LogP contribution is 2.26. The third kappa shape index (κ3) is 3.06. The zero-order valence-electron chi connectivity index (χ0n) is 10.7. The molecule has 0 saturated carbocycles. The van der Waals surface area contributed by atoms with Crippen LogP contribution >= 0.6 is 0 Å². The molecule has 0 amide bonds. The molecule has 0 aliphatic rings. The van der Waals surface area contributed by atoms with Crippen molar-refractivity contribution in [3.8, 4) is 0 Å². The van der Waals surface area contributed by atoms with Gasteiger partial charge in [-0.3, -0.25) is 0 Å². The normalized spacial score (nSPS) is 13.1. The molecular weight excluding hydrogens is 196 g/mol. The minimum atomic E-state index is 0.440. The minimum absolute atomic E-state index is 0.440. The van der Waals surface area contributed by atoms with Crippen molar-refractivity contribution >= 4 is 0 Å². The van der Waals surface area contributed by atoms with Gasteiger partial charge in [0.25, 0.3) is 0 Å². The standard InChI is InChI=1S/C14H24N2/c1-10-5-4-6-14(12(10)3)11(2)7-13(8-15)9-16/h4-6,11,13H,7-9,15-16H2,1-3H3. The number of rotatable bonds is 5. The lowest BCUT2D eigenvalue weighted by Crippen LogP contribution is -2.24. The first-order chi connectivity index (χ1) is 7.60. The van der Waals surface area contributed by atoms with Gasteiger partial charge in [-0.25, -0.2) is 0 Å². The Morgan fingerprint density at radius 3 is 2.31 bits per heavy atom. The molecule has 0 aliphatic carbocycles. The van der Waals surface area contributed by atoms with Crippen LogP contribution in [-0.2, 0) is 0 Å². The van der Waals surface area contributed by atoms with Crippen LogP contribution in [0.2, 0.25) is 0 Å². The van der Waals surface area contributed by atoms with Crippen LogP contribution in [-0.4, -0.2) is 13.1 Å². The monoisotopic (exact) mass is 220 g/mol. The van der Waals surface area contributed by atoms with Crippen LogP contribution < -0.4 is 11.5 Å². The highest BCUT2D eigenvalue weighted by Gasteiger charge is 2.14. The molecule has 0 saturated heterocycles. The summed E-state index contributed by atoms with van der Waals surface area (Å²) in [6.07, 6.45) is 1.08. The average Bonchev–Trinajstić information content (AvgIpc) is 2.29. The van der Waals surface area contributed by atoms with Crippen molar-refractivity contribution in [2.75, 3.05) is 13.1 Å². The smallest absolute Gasteiger partial charge is 0.00366 e. The maximum absolute atomic E-state index is 5.70. The molecule has 2 nitrogen and oxygen atoms in total. The second-order valence-corrected chi connectivity index (χ2v) is 4.76. The molecule has 0 aromatic heterocycles. The minimum Gasteiger partial charge on any atom is -0.330 e. The molecule has 0 heterocycles. The van der Waals surface area contributed by atoms with E-state index in [9.17, 15) is 0 Å². The number of nitrogens with two attached hydrogens (primary N) is 2. The Kier molecular flexibility index (Phi) is 4.97. The lowest BCUT2D eigenvalue weighted by molar-refractivity contribution is 0.464. The van der Waals surface area contributed by atoms with Crippen molar-refractivity contribution in [3.63, 3.8) is 0 Å². The summed E-state index contributed by atoms with van der Waals surface area (Å²) < 4.78 is 0. The van der Waals surface area contributed by atoms with Crippen molar-refractivity contribution in [1.82, 2.24) is 0 Å². The fourth-order valence-corrected chi connectivity index (χ4v) is 2.22. The van der Waals surface area contributed by atoms with E-state index in [1.807, 2.05) is 0 Å². The summed E-state index contributed by atoms with van der Waals surface area (Å²) in [4.78, 5) is 0. The van der Waals surface area contributed by atoms with Gasteiger partial charge in [0.2, 0.25) is 0 Å². The fraction of sp³-hybridized carbons (Fsp3) is 0.571. The highest BCUT2D eigenvalue weighted by molar-refractivity contribution is 5.35. The Balaban J connectivity index is 2.80. The number of aryl methyl sites for hydroxylation is 1. The summed E-state index contributed by atoms with van der Waals surface area (Å²) in [6, 6.07) is 6.51. The first-order valence-electron chi connectivity index (χ1n) is 6.06. The average molecular weight is 220 g/mol. The van der Waals surface area contributed by atoms with Crippen LogP contribution in [0.1, 0.15) is 36.0 Å². The van der Waals surface area contributed by atoms with E-state index in [-0.39, 0.29) is 0 Å². The molecule has 2 heteroatoms. The van der Waals surface area contributed by atoms with Crippen LogP contribution in [0.3, 0.4) is 0 Å². The van der Waals surface area contributed by atoms with Crippen LogP contribution in [0.5, 0.6) is 0 Å². The van der Waals surface area contributed by atoms with Gasteiger partial charge >= 0.3 is 0 Å². The molecule has 0 spiro atoms. The molecule has 4 N–H and O–H groups in total. The molecule has 1 aromatic carbocycles. The van der Waals surface area contributed by atoms with E-state index in [4.69, 9.17) is 11.5 Å². The molecule has 0 bridgehead atoms. The van der Waals surface area contributed by atoms with Crippen LogP contribution in [0.15, 0.2) is 18.2 Å². The third-order valence-electron chi connectivity index (χ3n) is 3.53. The second-order valence-electron chi connectivity index (χ2n) is 4.76. The predicted molar refractivity (Wildman–Crippen MR) is 70.5 cm³/mol. The molecule has 16 heavy (non-hydrogen) atoms. The zero-order valence-corrected chi connectivity index (χ0v) is 10.7. The van der Waals surface area contributed by atoms with Gasteiger partial charge in [0, 0.05) is 0 Å². The Hall–Kier alpha value is -0.860. The summed E-state index contributed by atoms with van der Waals surface area (Å²) in [7, 11) is 0. The number of hydrogen-bond donors (Lipinski definition) is 2. The molecule has 0 aliphatic heterocycles. The van der Waals surface area contributed by atoms with Gasteiger partial charge in [-0.15, -0.1) is 0 Å². The molecule has 0 radical (unpaired) electrons. The first-order valence-corrected chi connectivity index (χ1v) is 6.06. The summed E-state index contributed by atoms with van der Waals surface area (Å²) >= 11 is 0. The maximum Gasteiger partial charge on any atom is -0.00366 e. The SMILES string of the molecule is Cc1cccc(C(C)CC(CN)CN)c1C. The molecule has 1 rings (SSSR count). The van der Waals surface area contributed by atoms with E-state index >= 15 is 0 Å². The predicted octanol–water partition coefficient (Wildman–Crippen LogP) is 2.33. The lowest BCUT2D eigenvalue weighted by Gasteiger charge is -2.20. The van der Waals surface area contributed by atoms with Gasteiger partial charge in [-0.2, -0.15) is 0 Å². The Morgan fingerprint density at radius 2 is 1.75 bits per heavy atom. The van der Waals surface area contributed by atoms with E-state index in [1.165, 1.54) is 16.7 Å². The summed E-state index contributed by atoms with van der Waals surface area (Å²) in [5.74, 6) is 0.979. The zero-order chi connectivity index (χ0) is 12.1. The number of benzene rings is 1. The molecule has 1 unspecified atom stereocenters. The molecule has 1 atom stereocenters. The van der Waals surface area contributed by atoms with Crippen LogP contribution in [0.4, 0.5) is 0 Å². The quantitative estimate of drug-likeness (QED) is 0.800. The van der Waals surface area contributed by atoms with Crippen molar-refractivity contribution in [1.29, 1.82) is 0 Å². The Labute approximate surface area is 99.0 Å². The lowest BCUT2D eigenvalue weighted by atomic mass is 9.87. The Bertz CT molecular complexity index is 330. The topological polar surface area (TPSA) is 52.0 Å². The van der Waals surface area contributed by atoms with Gasteiger partial charge in [-0.05, 0) is 61.9 Å². The van der Waals surface area contributed by atoms with Gasteiger partial charge in [0.05, 0.1) is 0 Å². The van der Waals surface area contributed by atoms with E-state index < -0.39 is 0 Å². The fourth-order valence-electron chi connectivity index (χ4n) is 2.22. The van der Waals surface area contributed by atoms with Gasteiger partial charge in [0.1, 0.15) is 0 Å². The van der Waals surface area contributed by atoms with Gasteiger partial charge in [-0.1, -0.05) is 25.1 Å². The largest absolute Gasteiger partial charge is 0.330 e. The maximum atomic E-state index is 5.70. The van der Waals surface area contributed by atoms with Crippen molar-refractivity contribution in [2.24, 2.45) is 17.4 Å². The molecule has 90 valence electrons. The summed E-state index contributed by atoms with van der Waals surface area (Å²) in [5, 5.41) is 0. The van der Waals surface area contributed by atoms with Crippen LogP contribution in [0, 0.1) is 19.8 Å². The molecule has 0 fully saturated rings. The second kappa shape index (κ2) is 6.02.